The van der Waals surface area contributed by atoms with Crippen LogP contribution in [0.15, 0.2) is 12.1 Å². The lowest BCUT2D eigenvalue weighted by molar-refractivity contribution is -0.0223. The van der Waals surface area contributed by atoms with E-state index >= 15 is 0 Å². The van der Waals surface area contributed by atoms with Gasteiger partial charge in [-0.25, -0.2) is 4.79 Å². The molecule has 1 aromatic carbocycles. The number of benzene rings is 1. The maximum Gasteiger partial charge on any atom is 0.339 e. The Balaban J connectivity index is 2.08. The van der Waals surface area contributed by atoms with Gasteiger partial charge in [-0.3, -0.25) is 0 Å². The topological polar surface area (TPSA) is 26.3 Å². The minimum Gasteiger partial charge on any atom is -0.461 e. The highest BCUT2D eigenvalue weighted by Crippen LogP contribution is 2.46. The highest BCUT2D eigenvalue weighted by atomic mass is 35.5. The summed E-state index contributed by atoms with van der Waals surface area (Å²) in [7, 11) is 0. The van der Waals surface area contributed by atoms with Crippen LogP contribution in [0.3, 0.4) is 0 Å². The van der Waals surface area contributed by atoms with E-state index in [1.54, 1.807) is 0 Å². The third-order valence-corrected chi connectivity index (χ3v) is 5.10. The van der Waals surface area contributed by atoms with Crippen LogP contribution in [0.5, 0.6) is 0 Å². The smallest absolute Gasteiger partial charge is 0.339 e. The van der Waals surface area contributed by atoms with Gasteiger partial charge in [0.2, 0.25) is 0 Å². The van der Waals surface area contributed by atoms with Crippen molar-refractivity contribution >= 4 is 40.8 Å². The van der Waals surface area contributed by atoms with Gasteiger partial charge in [-0.1, -0.05) is 48.7 Å². The van der Waals surface area contributed by atoms with Crippen molar-refractivity contribution in [3.05, 3.63) is 32.8 Å². The molecule has 0 heterocycles. The molecule has 0 aromatic heterocycles. The summed E-state index contributed by atoms with van der Waals surface area (Å²) < 4.78 is 5.36. The molecular formula is C14H15Cl3O2. The Bertz CT molecular complexity index is 516. The molecule has 5 heteroatoms. The zero-order valence-electron chi connectivity index (χ0n) is 10.8. The molecule has 1 aliphatic rings. The molecule has 2 unspecified atom stereocenters. The SMILES string of the molecule is CC1CCC1(C)COC(=O)c1cc(Cl)cc(Cl)c1Cl. The molecule has 1 fully saturated rings. The highest BCUT2D eigenvalue weighted by molar-refractivity contribution is 6.45. The van der Waals surface area contributed by atoms with Gasteiger partial charge in [0, 0.05) is 10.4 Å². The maximum absolute atomic E-state index is 12.0. The van der Waals surface area contributed by atoms with Crippen LogP contribution in [0.4, 0.5) is 0 Å². The maximum atomic E-state index is 12.0. The Morgan fingerprint density at radius 2 is 2.11 bits per heavy atom. The Morgan fingerprint density at radius 3 is 2.63 bits per heavy atom. The second-order valence-corrected chi connectivity index (χ2v) is 6.64. The van der Waals surface area contributed by atoms with Crippen molar-refractivity contribution in [2.45, 2.75) is 26.7 Å². The summed E-state index contributed by atoms with van der Waals surface area (Å²) in [6.45, 7) is 4.69. The molecule has 1 saturated carbocycles. The molecule has 1 aromatic rings. The highest BCUT2D eigenvalue weighted by Gasteiger charge is 2.40. The zero-order chi connectivity index (χ0) is 14.2. The molecule has 0 spiro atoms. The van der Waals surface area contributed by atoms with Crippen LogP contribution in [0, 0.1) is 11.3 Å². The number of hydrogen-bond acceptors (Lipinski definition) is 2. The van der Waals surface area contributed by atoms with E-state index in [0.29, 0.717) is 17.5 Å². The minimum absolute atomic E-state index is 0.0739. The second-order valence-electron chi connectivity index (χ2n) is 5.42. The van der Waals surface area contributed by atoms with Gasteiger partial charge in [-0.2, -0.15) is 0 Å². The fraction of sp³-hybridized carbons (Fsp3) is 0.500. The third kappa shape index (κ3) is 3.01. The number of carbonyl (C=O) groups excluding carboxylic acids is 1. The molecule has 0 N–H and O–H groups in total. The third-order valence-electron chi connectivity index (χ3n) is 4.08. The number of esters is 1. The van der Waals surface area contributed by atoms with Crippen LogP contribution < -0.4 is 0 Å². The van der Waals surface area contributed by atoms with Crippen molar-refractivity contribution in [3.63, 3.8) is 0 Å². The van der Waals surface area contributed by atoms with Gasteiger partial charge < -0.3 is 4.74 Å². The number of rotatable bonds is 3. The molecule has 2 nitrogen and oxygen atoms in total. The van der Waals surface area contributed by atoms with E-state index in [2.05, 4.69) is 13.8 Å². The Labute approximate surface area is 128 Å². The van der Waals surface area contributed by atoms with Gasteiger partial charge in [0.25, 0.3) is 0 Å². The summed E-state index contributed by atoms with van der Waals surface area (Å²) in [5, 5.41) is 0.803. The number of hydrogen-bond donors (Lipinski definition) is 0. The first-order valence-electron chi connectivity index (χ1n) is 6.15. The van der Waals surface area contributed by atoms with Crippen LogP contribution in [0.1, 0.15) is 37.0 Å². The van der Waals surface area contributed by atoms with E-state index in [1.807, 2.05) is 0 Å². The molecule has 1 aliphatic carbocycles. The van der Waals surface area contributed by atoms with Gasteiger partial charge >= 0.3 is 5.97 Å². The van der Waals surface area contributed by atoms with Crippen molar-refractivity contribution in [3.8, 4) is 0 Å². The fourth-order valence-corrected chi connectivity index (χ4v) is 2.83. The molecule has 0 amide bonds. The van der Waals surface area contributed by atoms with E-state index in [0.717, 1.165) is 6.42 Å². The average Bonchev–Trinajstić information content (AvgIpc) is 2.37. The molecule has 0 saturated heterocycles. The summed E-state index contributed by atoms with van der Waals surface area (Å²) >= 11 is 17.8. The summed E-state index contributed by atoms with van der Waals surface area (Å²) in [5.74, 6) is 0.0912. The van der Waals surface area contributed by atoms with Crippen molar-refractivity contribution in [1.82, 2.24) is 0 Å². The summed E-state index contributed by atoms with van der Waals surface area (Å²) in [4.78, 5) is 12.0. The van der Waals surface area contributed by atoms with E-state index in [9.17, 15) is 4.79 Å². The van der Waals surface area contributed by atoms with E-state index in [-0.39, 0.29) is 21.0 Å². The Hall–Kier alpha value is -0.440. The molecule has 0 aliphatic heterocycles. The minimum atomic E-state index is -0.477. The van der Waals surface area contributed by atoms with Gasteiger partial charge in [-0.05, 0) is 30.9 Å². The molecular weight excluding hydrogens is 307 g/mol. The molecule has 104 valence electrons. The monoisotopic (exact) mass is 320 g/mol. The van der Waals surface area contributed by atoms with Gasteiger partial charge in [-0.15, -0.1) is 0 Å². The van der Waals surface area contributed by atoms with Crippen LogP contribution in [-0.2, 0) is 4.74 Å². The second kappa shape index (κ2) is 5.51. The average molecular weight is 322 g/mol. The molecule has 19 heavy (non-hydrogen) atoms. The van der Waals surface area contributed by atoms with Crippen molar-refractivity contribution in [1.29, 1.82) is 0 Å². The molecule has 2 atom stereocenters. The number of halogens is 3. The van der Waals surface area contributed by atoms with Crippen LogP contribution in [0.25, 0.3) is 0 Å². The number of ether oxygens (including phenoxy) is 1. The first kappa shape index (κ1) is 15.0. The van der Waals surface area contributed by atoms with Crippen molar-refractivity contribution < 1.29 is 9.53 Å². The first-order valence-corrected chi connectivity index (χ1v) is 7.28. The zero-order valence-corrected chi connectivity index (χ0v) is 13.1. The van der Waals surface area contributed by atoms with Crippen molar-refractivity contribution in [2.24, 2.45) is 11.3 Å². The number of carbonyl (C=O) groups is 1. The molecule has 0 bridgehead atoms. The summed E-state index contributed by atoms with van der Waals surface area (Å²) in [6.07, 6.45) is 2.25. The van der Waals surface area contributed by atoms with E-state index < -0.39 is 5.97 Å². The van der Waals surface area contributed by atoms with Crippen LogP contribution in [-0.4, -0.2) is 12.6 Å². The predicted molar refractivity (Wildman–Crippen MR) is 78.3 cm³/mol. The first-order chi connectivity index (χ1) is 8.83. The van der Waals surface area contributed by atoms with Gasteiger partial charge in [0.05, 0.1) is 22.2 Å². The standard InChI is InChI=1S/C14H15Cl3O2/c1-8-3-4-14(8,2)7-19-13(18)10-5-9(15)6-11(16)12(10)17/h5-6,8H,3-4,7H2,1-2H3. The summed E-state index contributed by atoms with van der Waals surface area (Å²) in [5.41, 5.74) is 0.291. The van der Waals surface area contributed by atoms with Gasteiger partial charge in [0.1, 0.15) is 0 Å². The predicted octanol–water partition coefficient (Wildman–Crippen LogP) is 5.24. The fourth-order valence-electron chi connectivity index (χ4n) is 2.15. The lowest BCUT2D eigenvalue weighted by Crippen LogP contribution is -2.40. The molecule has 0 radical (unpaired) electrons. The van der Waals surface area contributed by atoms with Crippen molar-refractivity contribution in [2.75, 3.05) is 6.61 Å². The largest absolute Gasteiger partial charge is 0.461 e. The van der Waals surface area contributed by atoms with Crippen LogP contribution >= 0.6 is 34.8 Å². The lowest BCUT2D eigenvalue weighted by Gasteiger charge is -2.44. The van der Waals surface area contributed by atoms with Gasteiger partial charge in [0.15, 0.2) is 0 Å². The van der Waals surface area contributed by atoms with E-state index in [1.165, 1.54) is 18.6 Å². The Kier molecular flexibility index (Phi) is 4.34. The quantitative estimate of drug-likeness (QED) is 0.562. The summed E-state index contributed by atoms with van der Waals surface area (Å²) in [6, 6.07) is 2.97. The normalized spacial score (nSPS) is 25.8. The Morgan fingerprint density at radius 1 is 1.42 bits per heavy atom. The van der Waals surface area contributed by atoms with E-state index in [4.69, 9.17) is 39.5 Å². The molecule has 2 rings (SSSR count). The van der Waals surface area contributed by atoms with Crippen LogP contribution in [0.2, 0.25) is 15.1 Å². The lowest BCUT2D eigenvalue weighted by atomic mass is 9.63.